The molecule has 1 aromatic heterocycles. The first-order valence-electron chi connectivity index (χ1n) is 9.30. The van der Waals surface area contributed by atoms with Crippen LogP contribution < -0.4 is 0 Å². The van der Waals surface area contributed by atoms with Crippen molar-refractivity contribution in [3.63, 3.8) is 0 Å². The molecule has 1 saturated heterocycles. The lowest BCUT2D eigenvalue weighted by molar-refractivity contribution is -0.151. The van der Waals surface area contributed by atoms with Crippen molar-refractivity contribution in [2.75, 3.05) is 26.8 Å². The summed E-state index contributed by atoms with van der Waals surface area (Å²) in [5.74, 6) is 0. The summed E-state index contributed by atoms with van der Waals surface area (Å²) in [4.78, 5) is 2.42. The molecule has 1 aliphatic rings. The highest BCUT2D eigenvalue weighted by Crippen LogP contribution is 2.39. The second-order valence-electron chi connectivity index (χ2n) is 8.32. The normalized spacial score (nSPS) is 23.3. The topological polar surface area (TPSA) is 50.5 Å². The van der Waals surface area contributed by atoms with Gasteiger partial charge in [-0.25, -0.2) is 4.68 Å². The fourth-order valence-electron chi connectivity index (χ4n) is 4.04. The molecule has 142 valence electrons. The van der Waals surface area contributed by atoms with Crippen LogP contribution in [0.4, 0.5) is 0 Å². The smallest absolute Gasteiger partial charge is 0.0954 e. The van der Waals surface area contributed by atoms with Crippen molar-refractivity contribution in [2.45, 2.75) is 46.3 Å². The molecule has 1 aromatic carbocycles. The molecule has 0 bridgehead atoms. The first-order valence-corrected chi connectivity index (χ1v) is 9.30. The number of piperidine rings is 1. The Hall–Kier alpha value is -1.69. The van der Waals surface area contributed by atoms with Crippen LogP contribution in [0.5, 0.6) is 0 Å². The van der Waals surface area contributed by atoms with E-state index in [1.54, 1.807) is 7.11 Å². The number of benzene rings is 1. The van der Waals surface area contributed by atoms with Gasteiger partial charge in [0.25, 0.3) is 0 Å². The Kier molecular flexibility index (Phi) is 5.24. The predicted molar refractivity (Wildman–Crippen MR) is 104 cm³/mol. The van der Waals surface area contributed by atoms with Gasteiger partial charge in [-0.05, 0) is 44.0 Å². The number of ether oxygens (including phenoxy) is 1. The third-order valence-corrected chi connectivity index (χ3v) is 5.67. The molecule has 26 heavy (non-hydrogen) atoms. The Bertz CT molecular complexity index is 768. The Morgan fingerprint density at radius 2 is 2.00 bits per heavy atom. The standard InChI is InChI=1S/C21H31N3O2/c1-16-11-17(2)24(22-16)19-8-6-7-18(12-19)13-23-10-9-21(25,15-26-5)20(3,4)14-23/h6-8,11-12,25H,9-10,13-15H2,1-5H3/t21-/m1/s1. The molecule has 0 saturated carbocycles. The van der Waals surface area contributed by atoms with E-state index in [2.05, 4.69) is 61.1 Å². The zero-order valence-corrected chi connectivity index (χ0v) is 16.6. The Balaban J connectivity index is 1.74. The Morgan fingerprint density at radius 3 is 2.62 bits per heavy atom. The molecule has 0 amide bonds. The molecule has 0 aliphatic carbocycles. The average Bonchev–Trinajstić information content (AvgIpc) is 2.90. The van der Waals surface area contributed by atoms with Crippen molar-refractivity contribution in [2.24, 2.45) is 5.41 Å². The van der Waals surface area contributed by atoms with Crippen LogP contribution in [0.3, 0.4) is 0 Å². The third kappa shape index (κ3) is 3.70. The molecule has 0 unspecified atom stereocenters. The summed E-state index contributed by atoms with van der Waals surface area (Å²) in [6.07, 6.45) is 0.727. The van der Waals surface area contributed by atoms with Gasteiger partial charge in [-0.2, -0.15) is 5.10 Å². The first-order chi connectivity index (χ1) is 12.2. The lowest BCUT2D eigenvalue weighted by Crippen LogP contribution is -2.59. The number of hydrogen-bond donors (Lipinski definition) is 1. The fraction of sp³-hybridized carbons (Fsp3) is 0.571. The SMILES string of the molecule is COC[C@]1(O)CCN(Cc2cccc(-n3nc(C)cc3C)c2)CC1(C)C. The minimum Gasteiger partial charge on any atom is -0.387 e. The van der Waals surface area contributed by atoms with Crippen molar-refractivity contribution in [1.29, 1.82) is 0 Å². The van der Waals surface area contributed by atoms with Gasteiger partial charge in [-0.3, -0.25) is 4.90 Å². The molecular formula is C21H31N3O2. The van der Waals surface area contributed by atoms with Crippen LogP contribution in [-0.2, 0) is 11.3 Å². The summed E-state index contributed by atoms with van der Waals surface area (Å²) >= 11 is 0. The van der Waals surface area contributed by atoms with E-state index in [1.807, 2.05) is 11.6 Å². The van der Waals surface area contributed by atoms with Crippen LogP contribution >= 0.6 is 0 Å². The zero-order valence-electron chi connectivity index (χ0n) is 16.6. The Labute approximate surface area is 156 Å². The van der Waals surface area contributed by atoms with Crippen LogP contribution in [-0.4, -0.2) is 52.2 Å². The molecule has 5 nitrogen and oxygen atoms in total. The highest BCUT2D eigenvalue weighted by molar-refractivity contribution is 5.37. The second-order valence-corrected chi connectivity index (χ2v) is 8.32. The van der Waals surface area contributed by atoms with Gasteiger partial charge >= 0.3 is 0 Å². The second kappa shape index (κ2) is 7.14. The van der Waals surface area contributed by atoms with Crippen molar-refractivity contribution in [3.8, 4) is 5.69 Å². The van der Waals surface area contributed by atoms with E-state index in [0.29, 0.717) is 6.61 Å². The van der Waals surface area contributed by atoms with E-state index in [1.165, 1.54) is 5.56 Å². The molecule has 2 heterocycles. The summed E-state index contributed by atoms with van der Waals surface area (Å²) in [5, 5.41) is 15.5. The highest BCUT2D eigenvalue weighted by Gasteiger charge is 2.47. The van der Waals surface area contributed by atoms with Crippen LogP contribution in [0.1, 0.15) is 37.2 Å². The maximum absolute atomic E-state index is 10.9. The first kappa shape index (κ1) is 19.1. The lowest BCUT2D eigenvalue weighted by atomic mass is 9.70. The number of aromatic nitrogens is 2. The number of nitrogens with zero attached hydrogens (tertiary/aromatic N) is 3. The van der Waals surface area contributed by atoms with Crippen LogP contribution in [0.25, 0.3) is 5.69 Å². The minimum absolute atomic E-state index is 0.214. The molecule has 0 spiro atoms. The molecule has 1 aliphatic heterocycles. The van der Waals surface area contributed by atoms with Gasteiger partial charge in [0, 0.05) is 37.9 Å². The summed E-state index contributed by atoms with van der Waals surface area (Å²) in [5.41, 5.74) is 3.56. The van der Waals surface area contributed by atoms with Crippen LogP contribution in [0, 0.1) is 19.3 Å². The number of rotatable bonds is 5. The molecule has 5 heteroatoms. The summed E-state index contributed by atoms with van der Waals surface area (Å²) in [6.45, 7) is 11.3. The maximum atomic E-state index is 10.9. The minimum atomic E-state index is -0.760. The largest absolute Gasteiger partial charge is 0.387 e. The third-order valence-electron chi connectivity index (χ3n) is 5.67. The number of aliphatic hydroxyl groups is 1. The molecule has 3 rings (SSSR count). The van der Waals surface area contributed by atoms with E-state index in [9.17, 15) is 5.11 Å². The number of likely N-dealkylation sites (tertiary alicyclic amines) is 1. The van der Waals surface area contributed by atoms with E-state index in [0.717, 1.165) is 43.1 Å². The van der Waals surface area contributed by atoms with Crippen LogP contribution in [0.2, 0.25) is 0 Å². The lowest BCUT2D eigenvalue weighted by Gasteiger charge is -2.50. The van der Waals surface area contributed by atoms with Crippen molar-refractivity contribution < 1.29 is 9.84 Å². The van der Waals surface area contributed by atoms with Crippen molar-refractivity contribution in [3.05, 3.63) is 47.3 Å². The van der Waals surface area contributed by atoms with Gasteiger partial charge in [-0.15, -0.1) is 0 Å². The summed E-state index contributed by atoms with van der Waals surface area (Å²) in [7, 11) is 1.66. The van der Waals surface area contributed by atoms with Gasteiger partial charge in [-0.1, -0.05) is 26.0 Å². The number of hydrogen-bond acceptors (Lipinski definition) is 4. The van der Waals surface area contributed by atoms with E-state index >= 15 is 0 Å². The van der Waals surface area contributed by atoms with Gasteiger partial charge in [0.2, 0.25) is 0 Å². The summed E-state index contributed by atoms with van der Waals surface area (Å²) < 4.78 is 7.27. The highest BCUT2D eigenvalue weighted by atomic mass is 16.5. The van der Waals surface area contributed by atoms with Gasteiger partial charge < -0.3 is 9.84 Å². The van der Waals surface area contributed by atoms with E-state index in [4.69, 9.17) is 4.74 Å². The molecule has 1 atom stereocenters. The van der Waals surface area contributed by atoms with E-state index in [-0.39, 0.29) is 5.41 Å². The molecule has 0 radical (unpaired) electrons. The Morgan fingerprint density at radius 1 is 1.23 bits per heavy atom. The average molecular weight is 357 g/mol. The molecule has 1 fully saturated rings. The number of aryl methyl sites for hydroxylation is 2. The maximum Gasteiger partial charge on any atom is 0.0954 e. The zero-order chi connectivity index (χ0) is 18.9. The molecule has 2 aromatic rings. The summed E-state index contributed by atoms with van der Waals surface area (Å²) in [6, 6.07) is 10.7. The molecular weight excluding hydrogens is 326 g/mol. The van der Waals surface area contributed by atoms with Gasteiger partial charge in [0.05, 0.1) is 23.6 Å². The molecule has 1 N–H and O–H groups in total. The van der Waals surface area contributed by atoms with Crippen molar-refractivity contribution in [1.82, 2.24) is 14.7 Å². The van der Waals surface area contributed by atoms with Gasteiger partial charge in [0.1, 0.15) is 0 Å². The monoisotopic (exact) mass is 357 g/mol. The van der Waals surface area contributed by atoms with Gasteiger partial charge in [0.15, 0.2) is 0 Å². The predicted octanol–water partition coefficient (Wildman–Crippen LogP) is 3.10. The number of methoxy groups -OCH3 is 1. The van der Waals surface area contributed by atoms with Crippen LogP contribution in [0.15, 0.2) is 30.3 Å². The van der Waals surface area contributed by atoms with Crippen molar-refractivity contribution >= 4 is 0 Å². The quantitative estimate of drug-likeness (QED) is 0.893. The van der Waals surface area contributed by atoms with E-state index < -0.39 is 5.60 Å². The fourth-order valence-corrected chi connectivity index (χ4v) is 4.04.